The molecule has 18 heavy (non-hydrogen) atoms. The number of amides is 1. The molecule has 0 aromatic heterocycles. The van der Waals surface area contributed by atoms with Crippen LogP contribution >= 0.6 is 11.8 Å². The predicted octanol–water partition coefficient (Wildman–Crippen LogP) is 1.99. The normalized spacial score (nSPS) is 24.7. The lowest BCUT2D eigenvalue weighted by Crippen LogP contribution is -2.47. The Labute approximate surface area is 112 Å². The van der Waals surface area contributed by atoms with Gasteiger partial charge in [-0.2, -0.15) is 11.8 Å². The molecule has 1 atom stereocenters. The molecule has 1 N–H and O–H groups in total. The molecule has 1 amide bonds. The van der Waals surface area contributed by atoms with Crippen molar-refractivity contribution in [2.75, 3.05) is 18.1 Å². The molecule has 1 saturated heterocycles. The maximum absolute atomic E-state index is 12.2. The van der Waals surface area contributed by atoms with E-state index in [-0.39, 0.29) is 18.4 Å². The van der Waals surface area contributed by atoms with Crippen molar-refractivity contribution in [3.63, 3.8) is 0 Å². The summed E-state index contributed by atoms with van der Waals surface area (Å²) < 4.78 is 0. The van der Waals surface area contributed by atoms with E-state index in [0.29, 0.717) is 13.0 Å². The van der Waals surface area contributed by atoms with Crippen molar-refractivity contribution < 1.29 is 14.7 Å². The van der Waals surface area contributed by atoms with Crippen LogP contribution in [0.2, 0.25) is 0 Å². The zero-order chi connectivity index (χ0) is 13.0. The Morgan fingerprint density at radius 1 is 1.33 bits per heavy atom. The van der Waals surface area contributed by atoms with Crippen molar-refractivity contribution in [2.24, 2.45) is 5.92 Å². The lowest BCUT2D eigenvalue weighted by Gasteiger charge is -2.35. The van der Waals surface area contributed by atoms with Crippen molar-refractivity contribution in [3.05, 3.63) is 0 Å². The largest absolute Gasteiger partial charge is 0.481 e. The Kier molecular flexibility index (Phi) is 4.92. The Balaban J connectivity index is 1.82. The Hall–Kier alpha value is -0.710. The third kappa shape index (κ3) is 3.64. The van der Waals surface area contributed by atoms with Gasteiger partial charge in [0, 0.05) is 24.5 Å². The first kappa shape index (κ1) is 13.7. The van der Waals surface area contributed by atoms with E-state index in [1.165, 1.54) is 19.3 Å². The molecule has 1 saturated carbocycles. The maximum Gasteiger partial charge on any atom is 0.305 e. The van der Waals surface area contributed by atoms with Gasteiger partial charge in [-0.3, -0.25) is 9.59 Å². The monoisotopic (exact) mass is 271 g/mol. The Morgan fingerprint density at radius 3 is 2.72 bits per heavy atom. The first-order valence-electron chi connectivity index (χ1n) is 6.76. The van der Waals surface area contributed by atoms with E-state index in [1.807, 2.05) is 4.90 Å². The molecule has 0 bridgehead atoms. The third-order valence-electron chi connectivity index (χ3n) is 3.95. The second-order valence-corrected chi connectivity index (χ2v) is 6.40. The van der Waals surface area contributed by atoms with Gasteiger partial charge in [-0.15, -0.1) is 0 Å². The van der Waals surface area contributed by atoms with Crippen molar-refractivity contribution in [1.82, 2.24) is 4.90 Å². The molecular formula is C13H21NO3S. The number of carboxylic acids is 1. The molecule has 5 heteroatoms. The first-order chi connectivity index (χ1) is 8.66. The fourth-order valence-electron chi connectivity index (χ4n) is 2.61. The van der Waals surface area contributed by atoms with Crippen molar-refractivity contribution >= 4 is 23.6 Å². The summed E-state index contributed by atoms with van der Waals surface area (Å²) in [5.41, 5.74) is 0. The van der Waals surface area contributed by atoms with Gasteiger partial charge in [0.15, 0.2) is 0 Å². The van der Waals surface area contributed by atoms with Crippen LogP contribution in [0, 0.1) is 5.92 Å². The van der Waals surface area contributed by atoms with Crippen LogP contribution in [0.15, 0.2) is 0 Å². The number of thioether (sulfide) groups is 1. The lowest BCUT2D eigenvalue weighted by molar-refractivity contribution is -0.140. The van der Waals surface area contributed by atoms with Crippen LogP contribution < -0.4 is 0 Å². The summed E-state index contributed by atoms with van der Waals surface area (Å²) in [6.45, 7) is 0.714. The van der Waals surface area contributed by atoms with Crippen LogP contribution in [0.5, 0.6) is 0 Å². The average Bonchev–Trinajstić information content (AvgIpc) is 2.26. The average molecular weight is 271 g/mol. The molecule has 4 nitrogen and oxygen atoms in total. The molecule has 1 aliphatic heterocycles. The molecule has 1 aliphatic carbocycles. The van der Waals surface area contributed by atoms with Crippen LogP contribution in [0.1, 0.15) is 38.5 Å². The van der Waals surface area contributed by atoms with Crippen molar-refractivity contribution in [2.45, 2.75) is 44.6 Å². The summed E-state index contributed by atoms with van der Waals surface area (Å²) in [5.74, 6) is 1.80. The van der Waals surface area contributed by atoms with Crippen LogP contribution in [0.3, 0.4) is 0 Å². The molecule has 102 valence electrons. The number of aliphatic carboxylic acids is 1. The van der Waals surface area contributed by atoms with Crippen LogP contribution in [0.25, 0.3) is 0 Å². The molecule has 2 fully saturated rings. The van der Waals surface area contributed by atoms with Crippen LogP contribution in [-0.2, 0) is 9.59 Å². The molecule has 0 radical (unpaired) electrons. The molecule has 2 rings (SSSR count). The van der Waals surface area contributed by atoms with E-state index < -0.39 is 5.97 Å². The highest BCUT2D eigenvalue weighted by atomic mass is 32.2. The Morgan fingerprint density at radius 2 is 2.11 bits per heavy atom. The van der Waals surface area contributed by atoms with Gasteiger partial charge in [-0.1, -0.05) is 19.3 Å². The predicted molar refractivity (Wildman–Crippen MR) is 71.7 cm³/mol. The third-order valence-corrected chi connectivity index (χ3v) is 5.04. The number of carboxylic acid groups (broad SMARTS) is 1. The smallest absolute Gasteiger partial charge is 0.305 e. The standard InChI is InChI=1S/C13H21NO3S/c15-12(5-4-10-2-1-3-10)14-6-7-18-9-11(14)8-13(16)17/h10-11H,1-9H2,(H,16,17). The second-order valence-electron chi connectivity index (χ2n) is 5.25. The van der Waals surface area contributed by atoms with Gasteiger partial charge in [-0.25, -0.2) is 0 Å². The first-order valence-corrected chi connectivity index (χ1v) is 7.91. The number of hydrogen-bond acceptors (Lipinski definition) is 3. The van der Waals surface area contributed by atoms with Gasteiger partial charge >= 0.3 is 5.97 Å². The fourth-order valence-corrected chi connectivity index (χ4v) is 3.67. The molecule has 1 heterocycles. The summed E-state index contributed by atoms with van der Waals surface area (Å²) in [5, 5.41) is 8.88. The summed E-state index contributed by atoms with van der Waals surface area (Å²) in [6, 6.07) is -0.102. The summed E-state index contributed by atoms with van der Waals surface area (Å²) in [4.78, 5) is 24.8. The van der Waals surface area contributed by atoms with Crippen molar-refractivity contribution in [1.29, 1.82) is 0 Å². The molecule has 0 aromatic rings. The highest BCUT2D eigenvalue weighted by Crippen LogP contribution is 2.31. The molecule has 0 aromatic carbocycles. The highest BCUT2D eigenvalue weighted by Gasteiger charge is 2.29. The highest BCUT2D eigenvalue weighted by molar-refractivity contribution is 7.99. The van der Waals surface area contributed by atoms with Gasteiger partial charge in [-0.05, 0) is 12.3 Å². The minimum atomic E-state index is -0.806. The van der Waals surface area contributed by atoms with Gasteiger partial charge in [0.1, 0.15) is 0 Å². The van der Waals surface area contributed by atoms with Crippen LogP contribution in [-0.4, -0.2) is 46.0 Å². The summed E-state index contributed by atoms with van der Waals surface area (Å²) in [6.07, 6.45) is 5.51. The van der Waals surface area contributed by atoms with Gasteiger partial charge < -0.3 is 10.0 Å². The van der Waals surface area contributed by atoms with Gasteiger partial charge in [0.25, 0.3) is 0 Å². The van der Waals surface area contributed by atoms with Gasteiger partial charge in [0.2, 0.25) is 5.91 Å². The lowest BCUT2D eigenvalue weighted by atomic mass is 9.82. The number of carbonyl (C=O) groups is 2. The van der Waals surface area contributed by atoms with E-state index in [2.05, 4.69) is 0 Å². The topological polar surface area (TPSA) is 57.6 Å². The van der Waals surface area contributed by atoms with E-state index in [1.54, 1.807) is 11.8 Å². The molecular weight excluding hydrogens is 250 g/mol. The van der Waals surface area contributed by atoms with Crippen molar-refractivity contribution in [3.8, 4) is 0 Å². The summed E-state index contributed by atoms with van der Waals surface area (Å²) >= 11 is 1.75. The number of hydrogen-bond donors (Lipinski definition) is 1. The second kappa shape index (κ2) is 6.45. The zero-order valence-electron chi connectivity index (χ0n) is 10.6. The quantitative estimate of drug-likeness (QED) is 0.830. The van der Waals surface area contributed by atoms with E-state index >= 15 is 0 Å². The minimum absolute atomic E-state index is 0.0855. The van der Waals surface area contributed by atoms with E-state index in [0.717, 1.165) is 23.8 Å². The molecule has 2 aliphatic rings. The SMILES string of the molecule is O=C(O)CC1CSCCN1C(=O)CCC1CCC1. The van der Waals surface area contributed by atoms with Crippen LogP contribution in [0.4, 0.5) is 0 Å². The number of rotatable bonds is 5. The maximum atomic E-state index is 12.2. The molecule has 0 spiro atoms. The Bertz CT molecular complexity index is 317. The number of carbonyl (C=O) groups excluding carboxylic acids is 1. The van der Waals surface area contributed by atoms with E-state index in [4.69, 9.17) is 5.11 Å². The summed E-state index contributed by atoms with van der Waals surface area (Å²) in [7, 11) is 0. The minimum Gasteiger partial charge on any atom is -0.481 e. The fraction of sp³-hybridized carbons (Fsp3) is 0.846. The van der Waals surface area contributed by atoms with Gasteiger partial charge in [0.05, 0.1) is 12.5 Å². The van der Waals surface area contributed by atoms with E-state index in [9.17, 15) is 9.59 Å². The molecule has 1 unspecified atom stereocenters. The number of nitrogens with zero attached hydrogens (tertiary/aromatic N) is 1. The zero-order valence-corrected chi connectivity index (χ0v) is 11.5.